The summed E-state index contributed by atoms with van der Waals surface area (Å²) < 4.78 is 82.6. The lowest BCUT2D eigenvalue weighted by Gasteiger charge is -2.34. The highest BCUT2D eigenvalue weighted by atomic mass is 19.3. The average Bonchev–Trinajstić information content (AvgIpc) is 3.27. The van der Waals surface area contributed by atoms with Gasteiger partial charge in [0.2, 0.25) is 0 Å². The van der Waals surface area contributed by atoms with Crippen LogP contribution in [0.25, 0.3) is 10.9 Å². The van der Waals surface area contributed by atoms with E-state index >= 15 is 0 Å². The first-order valence-corrected chi connectivity index (χ1v) is 11.1. The van der Waals surface area contributed by atoms with Crippen LogP contribution in [0.3, 0.4) is 0 Å². The Kier molecular flexibility index (Phi) is 5.49. The van der Waals surface area contributed by atoms with Crippen molar-refractivity contribution >= 4 is 16.7 Å². The van der Waals surface area contributed by atoms with E-state index in [4.69, 9.17) is 9.47 Å². The quantitative estimate of drug-likeness (QED) is 0.611. The van der Waals surface area contributed by atoms with Crippen molar-refractivity contribution in [1.29, 1.82) is 0 Å². The number of anilines is 1. The zero-order valence-corrected chi connectivity index (χ0v) is 18.2. The van der Waals surface area contributed by atoms with E-state index in [1.54, 1.807) is 0 Å². The van der Waals surface area contributed by atoms with Gasteiger partial charge in [-0.3, -0.25) is 4.90 Å². The minimum absolute atomic E-state index is 0.0693. The summed E-state index contributed by atoms with van der Waals surface area (Å²) in [6, 6.07) is 0.414. The Morgan fingerprint density at radius 3 is 2.67 bits per heavy atom. The highest BCUT2D eigenvalue weighted by molar-refractivity contribution is 5.96. The van der Waals surface area contributed by atoms with Gasteiger partial charge < -0.3 is 14.4 Å². The Labute approximate surface area is 187 Å². The SMILES string of the molecule is COc1c(F)cc(F)c2nc(OC[C@@]34CCCN3C[C@H](F)C4)nc(N3CCCC(F)(F)C3)c12. The average molecular weight is 472 g/mol. The maximum absolute atomic E-state index is 14.8. The molecule has 0 aliphatic carbocycles. The zero-order chi connectivity index (χ0) is 23.4. The molecule has 5 rings (SSSR count). The second kappa shape index (κ2) is 8.11. The molecular weight excluding hydrogens is 447 g/mol. The molecule has 6 nitrogen and oxygen atoms in total. The molecule has 0 saturated carbocycles. The highest BCUT2D eigenvalue weighted by Gasteiger charge is 2.49. The number of fused-ring (bicyclic) bond motifs is 2. The third kappa shape index (κ3) is 3.94. The lowest BCUT2D eigenvalue weighted by atomic mass is 9.95. The summed E-state index contributed by atoms with van der Waals surface area (Å²) in [5.41, 5.74) is -0.771. The molecule has 1 aromatic heterocycles. The predicted molar refractivity (Wildman–Crippen MR) is 111 cm³/mol. The number of halogens is 5. The molecule has 4 heterocycles. The van der Waals surface area contributed by atoms with E-state index in [0.717, 1.165) is 19.4 Å². The molecule has 0 bridgehead atoms. The van der Waals surface area contributed by atoms with Gasteiger partial charge in [0.05, 0.1) is 24.6 Å². The summed E-state index contributed by atoms with van der Waals surface area (Å²) in [5.74, 6) is -5.33. The normalized spacial score (nSPS) is 27.2. The van der Waals surface area contributed by atoms with Gasteiger partial charge in [-0.1, -0.05) is 0 Å². The standard InChI is InChI=1S/C22H25F5N4O2/c1-32-18-15(25)8-14(24)17-16(18)19(30-6-3-5-22(26,27)11-30)29-20(28-17)33-12-21-4-2-7-31(21)10-13(23)9-21/h8,13H,2-7,9-12H2,1H3/t13-,21+/m1/s1. The molecule has 0 amide bonds. The van der Waals surface area contributed by atoms with Crippen LogP contribution in [0, 0.1) is 11.6 Å². The van der Waals surface area contributed by atoms with Gasteiger partial charge in [0.25, 0.3) is 5.92 Å². The van der Waals surface area contributed by atoms with Crippen LogP contribution in [-0.2, 0) is 0 Å². The van der Waals surface area contributed by atoms with Crippen LogP contribution in [0.5, 0.6) is 11.8 Å². The monoisotopic (exact) mass is 472 g/mol. The van der Waals surface area contributed by atoms with Crippen molar-refractivity contribution in [2.24, 2.45) is 0 Å². The molecule has 2 aromatic rings. The van der Waals surface area contributed by atoms with E-state index < -0.39 is 35.8 Å². The summed E-state index contributed by atoms with van der Waals surface area (Å²) >= 11 is 0. The predicted octanol–water partition coefficient (Wildman–Crippen LogP) is 4.11. The number of rotatable bonds is 5. The van der Waals surface area contributed by atoms with Crippen molar-refractivity contribution in [3.05, 3.63) is 17.7 Å². The largest absolute Gasteiger partial charge is 0.493 e. The topological polar surface area (TPSA) is 50.7 Å². The van der Waals surface area contributed by atoms with Crippen LogP contribution in [0.15, 0.2) is 6.07 Å². The number of aromatic nitrogens is 2. The van der Waals surface area contributed by atoms with Gasteiger partial charge in [0.1, 0.15) is 24.1 Å². The minimum Gasteiger partial charge on any atom is -0.493 e. The highest BCUT2D eigenvalue weighted by Crippen LogP contribution is 2.42. The Balaban J connectivity index is 1.56. The zero-order valence-electron chi connectivity index (χ0n) is 18.2. The molecular formula is C22H25F5N4O2. The molecule has 0 radical (unpaired) electrons. The third-order valence-electron chi connectivity index (χ3n) is 6.92. The van der Waals surface area contributed by atoms with Crippen LogP contribution >= 0.6 is 0 Å². The fraction of sp³-hybridized carbons (Fsp3) is 0.636. The number of hydrogen-bond donors (Lipinski definition) is 0. The van der Waals surface area contributed by atoms with Crippen molar-refractivity contribution in [3.8, 4) is 11.8 Å². The van der Waals surface area contributed by atoms with Crippen LogP contribution in [0.4, 0.5) is 27.8 Å². The lowest BCUT2D eigenvalue weighted by Crippen LogP contribution is -2.44. The second-order valence-electron chi connectivity index (χ2n) is 9.17. The molecule has 33 heavy (non-hydrogen) atoms. The summed E-state index contributed by atoms with van der Waals surface area (Å²) in [5, 5.41) is -0.120. The molecule has 2 atom stereocenters. The maximum Gasteiger partial charge on any atom is 0.319 e. The second-order valence-corrected chi connectivity index (χ2v) is 9.17. The molecule has 0 unspecified atom stereocenters. The molecule has 0 spiro atoms. The Bertz CT molecular complexity index is 1070. The molecule has 1 aromatic carbocycles. The number of methoxy groups -OCH3 is 1. The minimum atomic E-state index is -2.97. The number of benzene rings is 1. The van der Waals surface area contributed by atoms with Gasteiger partial charge in [-0.15, -0.1) is 0 Å². The fourth-order valence-electron chi connectivity index (χ4n) is 5.46. The number of piperidine rings is 1. The van der Waals surface area contributed by atoms with Crippen LogP contribution in [0.1, 0.15) is 32.1 Å². The molecule has 0 N–H and O–H groups in total. The fourth-order valence-corrected chi connectivity index (χ4v) is 5.46. The van der Waals surface area contributed by atoms with E-state index in [0.29, 0.717) is 19.0 Å². The van der Waals surface area contributed by atoms with Gasteiger partial charge in [0.15, 0.2) is 17.4 Å². The van der Waals surface area contributed by atoms with E-state index in [-0.39, 0.29) is 54.5 Å². The smallest absolute Gasteiger partial charge is 0.319 e. The van der Waals surface area contributed by atoms with Crippen molar-refractivity contribution < 1.29 is 31.4 Å². The number of hydrogen-bond acceptors (Lipinski definition) is 6. The van der Waals surface area contributed by atoms with Crippen LogP contribution < -0.4 is 14.4 Å². The Morgan fingerprint density at radius 2 is 1.91 bits per heavy atom. The molecule has 3 saturated heterocycles. The number of ether oxygens (including phenoxy) is 2. The Hall–Kier alpha value is -2.43. The summed E-state index contributed by atoms with van der Waals surface area (Å²) in [6.45, 7) is 0.766. The summed E-state index contributed by atoms with van der Waals surface area (Å²) in [7, 11) is 1.20. The Morgan fingerprint density at radius 1 is 1.12 bits per heavy atom. The van der Waals surface area contributed by atoms with Gasteiger partial charge in [-0.2, -0.15) is 9.97 Å². The van der Waals surface area contributed by atoms with Crippen molar-refractivity contribution in [3.63, 3.8) is 0 Å². The van der Waals surface area contributed by atoms with E-state index in [1.165, 1.54) is 12.0 Å². The van der Waals surface area contributed by atoms with E-state index in [1.807, 2.05) is 4.90 Å². The molecule has 3 fully saturated rings. The van der Waals surface area contributed by atoms with Gasteiger partial charge >= 0.3 is 6.01 Å². The van der Waals surface area contributed by atoms with Crippen LogP contribution in [-0.4, -0.2) is 72.4 Å². The molecule has 11 heteroatoms. The first kappa shape index (κ1) is 22.4. The number of nitrogens with zero attached hydrogens (tertiary/aromatic N) is 4. The first-order chi connectivity index (χ1) is 15.7. The van der Waals surface area contributed by atoms with Crippen molar-refractivity contribution in [1.82, 2.24) is 14.9 Å². The summed E-state index contributed by atoms with van der Waals surface area (Å²) in [6.07, 6.45) is 0.929. The third-order valence-corrected chi connectivity index (χ3v) is 6.92. The van der Waals surface area contributed by atoms with Crippen molar-refractivity contribution in [2.45, 2.75) is 49.7 Å². The molecule has 3 aliphatic heterocycles. The summed E-state index contributed by atoms with van der Waals surface area (Å²) in [4.78, 5) is 11.8. The number of alkyl halides is 3. The maximum atomic E-state index is 14.8. The van der Waals surface area contributed by atoms with Gasteiger partial charge in [-0.05, 0) is 25.8 Å². The van der Waals surface area contributed by atoms with E-state index in [2.05, 4.69) is 9.97 Å². The first-order valence-electron chi connectivity index (χ1n) is 11.1. The molecule has 180 valence electrons. The van der Waals surface area contributed by atoms with E-state index in [9.17, 15) is 22.0 Å². The van der Waals surface area contributed by atoms with Gasteiger partial charge in [0, 0.05) is 32.0 Å². The van der Waals surface area contributed by atoms with Gasteiger partial charge in [-0.25, -0.2) is 22.0 Å². The van der Waals surface area contributed by atoms with Crippen LogP contribution in [0.2, 0.25) is 0 Å². The van der Waals surface area contributed by atoms with Crippen molar-refractivity contribution in [2.75, 3.05) is 44.8 Å². The molecule has 3 aliphatic rings. The lowest BCUT2D eigenvalue weighted by molar-refractivity contribution is -0.0118.